The molecule has 3 nitrogen and oxygen atoms in total. The molecule has 1 aromatic carbocycles. The Morgan fingerprint density at radius 3 is 2.55 bits per heavy atom. The molecule has 1 amide bonds. The van der Waals surface area contributed by atoms with Gasteiger partial charge in [0.25, 0.3) is 0 Å². The molecule has 2 rings (SSSR count). The summed E-state index contributed by atoms with van der Waals surface area (Å²) in [5.41, 5.74) is 1.22. The Balaban J connectivity index is 1.85. The van der Waals surface area contributed by atoms with Gasteiger partial charge in [-0.15, -0.1) is 0 Å². The van der Waals surface area contributed by atoms with Gasteiger partial charge in [-0.3, -0.25) is 9.69 Å². The lowest BCUT2D eigenvalue weighted by atomic mass is 10.1. The summed E-state index contributed by atoms with van der Waals surface area (Å²) in [6.07, 6.45) is 4.76. The van der Waals surface area contributed by atoms with Gasteiger partial charge in [0.05, 0.1) is 6.04 Å². The van der Waals surface area contributed by atoms with Gasteiger partial charge in [0, 0.05) is 17.1 Å². The molecule has 0 heterocycles. The molecule has 1 aromatic rings. The number of halogens is 1. The molecule has 1 fully saturated rings. The molecule has 0 aliphatic heterocycles. The van der Waals surface area contributed by atoms with Crippen LogP contribution in [0.3, 0.4) is 0 Å². The molecule has 0 unspecified atom stereocenters. The Morgan fingerprint density at radius 2 is 1.95 bits per heavy atom. The number of nitrogens with zero attached hydrogens (tertiary/aromatic N) is 1. The van der Waals surface area contributed by atoms with Gasteiger partial charge < -0.3 is 5.32 Å². The summed E-state index contributed by atoms with van der Waals surface area (Å²) < 4.78 is 1.08. The van der Waals surface area contributed by atoms with E-state index in [1.807, 2.05) is 26.1 Å². The third-order valence-electron chi connectivity index (χ3n) is 4.09. The molecule has 0 spiro atoms. The molecule has 1 aliphatic rings. The number of hydrogen-bond donors (Lipinski definition) is 1. The molecule has 0 bridgehead atoms. The number of carbonyl (C=O) groups excluding carboxylic acids is 1. The standard InChI is InChI=1S/C16H23BrN2O/c1-12(16(20)18-15-5-3-4-6-15)19(2)11-13-7-9-14(17)10-8-13/h7-10,12,15H,3-6,11H2,1-2H3,(H,18,20)/t12-/m0/s1. The van der Waals surface area contributed by atoms with Crippen LogP contribution in [-0.4, -0.2) is 29.9 Å². The van der Waals surface area contributed by atoms with Crippen molar-refractivity contribution in [1.29, 1.82) is 0 Å². The van der Waals surface area contributed by atoms with Crippen molar-refractivity contribution in [3.63, 3.8) is 0 Å². The second-order valence-corrected chi connectivity index (χ2v) is 6.62. The first kappa shape index (κ1) is 15.5. The number of amides is 1. The maximum absolute atomic E-state index is 12.2. The van der Waals surface area contributed by atoms with E-state index in [0.717, 1.165) is 23.9 Å². The number of nitrogens with one attached hydrogen (secondary N) is 1. The van der Waals surface area contributed by atoms with Crippen LogP contribution in [-0.2, 0) is 11.3 Å². The Labute approximate surface area is 129 Å². The third-order valence-corrected chi connectivity index (χ3v) is 4.62. The van der Waals surface area contributed by atoms with Crippen molar-refractivity contribution < 1.29 is 4.79 Å². The van der Waals surface area contributed by atoms with E-state index in [9.17, 15) is 4.79 Å². The first-order chi connectivity index (χ1) is 9.56. The predicted molar refractivity (Wildman–Crippen MR) is 85.5 cm³/mol. The predicted octanol–water partition coefficient (Wildman–Crippen LogP) is 3.33. The Bertz CT molecular complexity index is 440. The highest BCUT2D eigenvalue weighted by molar-refractivity contribution is 9.10. The van der Waals surface area contributed by atoms with Crippen molar-refractivity contribution in [3.8, 4) is 0 Å². The normalized spacial score (nSPS) is 17.4. The quantitative estimate of drug-likeness (QED) is 0.893. The van der Waals surface area contributed by atoms with Crippen LogP contribution in [0.2, 0.25) is 0 Å². The first-order valence-corrected chi connectivity index (χ1v) is 8.10. The minimum atomic E-state index is -0.0979. The smallest absolute Gasteiger partial charge is 0.237 e. The van der Waals surface area contributed by atoms with E-state index in [1.165, 1.54) is 18.4 Å². The summed E-state index contributed by atoms with van der Waals surface area (Å²) in [4.78, 5) is 14.3. The van der Waals surface area contributed by atoms with E-state index in [-0.39, 0.29) is 11.9 Å². The fourth-order valence-corrected chi connectivity index (χ4v) is 2.87. The van der Waals surface area contributed by atoms with Gasteiger partial charge in [0.1, 0.15) is 0 Å². The maximum Gasteiger partial charge on any atom is 0.237 e. The van der Waals surface area contributed by atoms with E-state index in [0.29, 0.717) is 6.04 Å². The molecule has 1 atom stereocenters. The molecule has 0 radical (unpaired) electrons. The van der Waals surface area contributed by atoms with Crippen molar-refractivity contribution in [2.24, 2.45) is 0 Å². The summed E-state index contributed by atoms with van der Waals surface area (Å²) in [6.45, 7) is 2.76. The zero-order chi connectivity index (χ0) is 14.5. The van der Waals surface area contributed by atoms with Crippen molar-refractivity contribution in [2.45, 2.75) is 51.2 Å². The van der Waals surface area contributed by atoms with Crippen LogP contribution in [0.4, 0.5) is 0 Å². The van der Waals surface area contributed by atoms with Gasteiger partial charge in [-0.2, -0.15) is 0 Å². The molecule has 4 heteroatoms. The molecule has 1 saturated carbocycles. The van der Waals surface area contributed by atoms with E-state index < -0.39 is 0 Å². The van der Waals surface area contributed by atoms with Crippen LogP contribution in [0.25, 0.3) is 0 Å². The van der Waals surface area contributed by atoms with Gasteiger partial charge in [-0.25, -0.2) is 0 Å². The van der Waals surface area contributed by atoms with Crippen LogP contribution in [0.15, 0.2) is 28.7 Å². The highest BCUT2D eigenvalue weighted by Crippen LogP contribution is 2.18. The molecule has 110 valence electrons. The largest absolute Gasteiger partial charge is 0.352 e. The number of hydrogen-bond acceptors (Lipinski definition) is 2. The summed E-state index contributed by atoms with van der Waals surface area (Å²) in [5, 5.41) is 3.17. The maximum atomic E-state index is 12.2. The topological polar surface area (TPSA) is 32.3 Å². The number of likely N-dealkylation sites (N-methyl/N-ethyl adjacent to an activating group) is 1. The Morgan fingerprint density at radius 1 is 1.35 bits per heavy atom. The van der Waals surface area contributed by atoms with E-state index in [1.54, 1.807) is 0 Å². The molecule has 0 aromatic heterocycles. The minimum absolute atomic E-state index is 0.0979. The lowest BCUT2D eigenvalue weighted by Crippen LogP contribution is -2.46. The van der Waals surface area contributed by atoms with Gasteiger partial charge >= 0.3 is 0 Å². The third kappa shape index (κ3) is 4.32. The van der Waals surface area contributed by atoms with Gasteiger partial charge in [0.2, 0.25) is 5.91 Å². The summed E-state index contributed by atoms with van der Waals surface area (Å²) in [7, 11) is 2.00. The molecule has 20 heavy (non-hydrogen) atoms. The highest BCUT2D eigenvalue weighted by Gasteiger charge is 2.22. The zero-order valence-electron chi connectivity index (χ0n) is 12.2. The molecule has 0 saturated heterocycles. The summed E-state index contributed by atoms with van der Waals surface area (Å²) in [6, 6.07) is 8.54. The molecule has 1 N–H and O–H groups in total. The van der Waals surface area contributed by atoms with Crippen LogP contribution >= 0.6 is 15.9 Å². The number of benzene rings is 1. The molecule has 1 aliphatic carbocycles. The fraction of sp³-hybridized carbons (Fsp3) is 0.562. The zero-order valence-corrected chi connectivity index (χ0v) is 13.8. The lowest BCUT2D eigenvalue weighted by molar-refractivity contribution is -0.126. The average Bonchev–Trinajstić information content (AvgIpc) is 2.93. The van der Waals surface area contributed by atoms with Crippen molar-refractivity contribution in [3.05, 3.63) is 34.3 Å². The SMILES string of the molecule is C[C@@H](C(=O)NC1CCCC1)N(C)Cc1ccc(Br)cc1. The lowest BCUT2D eigenvalue weighted by Gasteiger charge is -2.25. The minimum Gasteiger partial charge on any atom is -0.352 e. The van der Waals surface area contributed by atoms with Crippen LogP contribution in [0.1, 0.15) is 38.2 Å². The second kappa shape index (κ2) is 7.23. The van der Waals surface area contributed by atoms with E-state index in [4.69, 9.17) is 0 Å². The number of rotatable bonds is 5. The Hall–Kier alpha value is -0.870. The Kier molecular flexibility index (Phi) is 5.61. The summed E-state index contributed by atoms with van der Waals surface area (Å²) >= 11 is 3.43. The van der Waals surface area contributed by atoms with Gasteiger partial charge in [0.15, 0.2) is 0 Å². The molecular formula is C16H23BrN2O. The van der Waals surface area contributed by atoms with Crippen molar-refractivity contribution in [2.75, 3.05) is 7.05 Å². The van der Waals surface area contributed by atoms with E-state index in [2.05, 4.69) is 38.3 Å². The monoisotopic (exact) mass is 338 g/mol. The van der Waals surface area contributed by atoms with E-state index >= 15 is 0 Å². The van der Waals surface area contributed by atoms with Gasteiger partial charge in [-0.1, -0.05) is 40.9 Å². The fourth-order valence-electron chi connectivity index (χ4n) is 2.61. The number of carbonyl (C=O) groups is 1. The van der Waals surface area contributed by atoms with Crippen LogP contribution < -0.4 is 5.32 Å². The van der Waals surface area contributed by atoms with Gasteiger partial charge in [-0.05, 0) is 44.5 Å². The first-order valence-electron chi connectivity index (χ1n) is 7.31. The van der Waals surface area contributed by atoms with Crippen LogP contribution in [0.5, 0.6) is 0 Å². The van der Waals surface area contributed by atoms with Crippen molar-refractivity contribution in [1.82, 2.24) is 10.2 Å². The van der Waals surface area contributed by atoms with Crippen molar-refractivity contribution >= 4 is 21.8 Å². The average molecular weight is 339 g/mol. The van der Waals surface area contributed by atoms with Crippen LogP contribution in [0, 0.1) is 0 Å². The molecular weight excluding hydrogens is 316 g/mol. The summed E-state index contributed by atoms with van der Waals surface area (Å²) in [5.74, 6) is 0.150. The second-order valence-electron chi connectivity index (χ2n) is 5.71. The highest BCUT2D eigenvalue weighted by atomic mass is 79.9.